The molecule has 0 bridgehead atoms. The molecule has 6 nitrogen and oxygen atoms in total. The van der Waals surface area contributed by atoms with Crippen molar-refractivity contribution < 1.29 is 13.2 Å². The van der Waals surface area contributed by atoms with Crippen molar-refractivity contribution in [2.75, 3.05) is 18.8 Å². The van der Waals surface area contributed by atoms with E-state index in [0.29, 0.717) is 5.56 Å². The van der Waals surface area contributed by atoms with Crippen LogP contribution < -0.4 is 0 Å². The van der Waals surface area contributed by atoms with Gasteiger partial charge in [-0.3, -0.25) is 4.79 Å². The Bertz CT molecular complexity index is 778. The predicted molar refractivity (Wildman–Crippen MR) is 82.7 cm³/mol. The van der Waals surface area contributed by atoms with E-state index in [2.05, 4.69) is 5.10 Å². The molecule has 7 heteroatoms. The highest BCUT2D eigenvalue weighted by Crippen LogP contribution is 2.20. The maximum atomic E-state index is 12.4. The Kier molecular flexibility index (Phi) is 3.74. The van der Waals surface area contributed by atoms with Gasteiger partial charge < -0.3 is 4.90 Å². The summed E-state index contributed by atoms with van der Waals surface area (Å²) in [5, 5.41) is 3.71. The normalized spacial score (nSPS) is 15.6. The van der Waals surface area contributed by atoms with Crippen molar-refractivity contribution in [2.45, 2.75) is 12.2 Å². The summed E-state index contributed by atoms with van der Waals surface area (Å²) in [6.45, 7) is 2.19. The number of rotatable bonds is 4. The molecular weight excluding hydrogens is 302 g/mol. The van der Waals surface area contributed by atoms with Crippen LogP contribution in [0.15, 0.2) is 42.7 Å². The minimum absolute atomic E-state index is 0.120. The van der Waals surface area contributed by atoms with Gasteiger partial charge in [-0.05, 0) is 24.3 Å². The van der Waals surface area contributed by atoms with Crippen LogP contribution in [0.3, 0.4) is 0 Å². The number of benzene rings is 1. The van der Waals surface area contributed by atoms with Crippen molar-refractivity contribution in [1.29, 1.82) is 0 Å². The largest absolute Gasteiger partial charge is 0.336 e. The van der Waals surface area contributed by atoms with E-state index in [1.54, 1.807) is 47.1 Å². The number of hydrogen-bond acceptors (Lipinski definition) is 4. The minimum atomic E-state index is -3.06. The molecule has 3 rings (SSSR count). The third kappa shape index (κ3) is 2.64. The molecule has 1 aliphatic heterocycles. The summed E-state index contributed by atoms with van der Waals surface area (Å²) in [5.74, 6) is -0.0225. The molecule has 1 fully saturated rings. The van der Waals surface area contributed by atoms with Gasteiger partial charge in [0.1, 0.15) is 0 Å². The number of carbonyl (C=O) groups is 1. The molecule has 0 radical (unpaired) electrons. The van der Waals surface area contributed by atoms with Gasteiger partial charge in [-0.2, -0.15) is 5.10 Å². The summed E-state index contributed by atoms with van der Waals surface area (Å²) in [4.78, 5) is 14.0. The number of aromatic nitrogens is 2. The summed E-state index contributed by atoms with van der Waals surface area (Å²) in [7, 11) is -3.06. The molecule has 1 aromatic heterocycles. The van der Waals surface area contributed by atoms with Gasteiger partial charge in [-0.1, -0.05) is 13.0 Å². The summed E-state index contributed by atoms with van der Waals surface area (Å²) >= 11 is 0. The first-order chi connectivity index (χ1) is 10.5. The Balaban J connectivity index is 1.74. The van der Waals surface area contributed by atoms with E-state index in [1.165, 1.54) is 0 Å². The van der Waals surface area contributed by atoms with E-state index in [4.69, 9.17) is 0 Å². The molecule has 0 atom stereocenters. The Morgan fingerprint density at radius 2 is 2.09 bits per heavy atom. The van der Waals surface area contributed by atoms with Crippen LogP contribution in [-0.2, 0) is 9.84 Å². The van der Waals surface area contributed by atoms with Crippen molar-refractivity contribution in [3.8, 4) is 5.69 Å². The second-order valence-electron chi connectivity index (χ2n) is 5.28. The first-order valence-corrected chi connectivity index (χ1v) is 8.83. The SMILES string of the molecule is CCS(=O)(=O)C1CN(C(=O)c2cccc(-n3cccn3)c2)C1. The minimum Gasteiger partial charge on any atom is -0.336 e. The number of carbonyl (C=O) groups excluding carboxylic acids is 1. The molecule has 0 spiro atoms. The monoisotopic (exact) mass is 319 g/mol. The number of likely N-dealkylation sites (tertiary alicyclic amines) is 1. The van der Waals surface area contributed by atoms with E-state index < -0.39 is 15.1 Å². The van der Waals surface area contributed by atoms with E-state index in [9.17, 15) is 13.2 Å². The highest BCUT2D eigenvalue weighted by molar-refractivity contribution is 7.92. The van der Waals surface area contributed by atoms with Crippen LogP contribution in [0.1, 0.15) is 17.3 Å². The lowest BCUT2D eigenvalue weighted by molar-refractivity contribution is 0.0659. The van der Waals surface area contributed by atoms with Gasteiger partial charge in [0.25, 0.3) is 5.91 Å². The van der Waals surface area contributed by atoms with Crippen molar-refractivity contribution in [2.24, 2.45) is 0 Å². The Morgan fingerprint density at radius 1 is 1.32 bits per heavy atom. The van der Waals surface area contributed by atoms with Gasteiger partial charge in [0.15, 0.2) is 9.84 Å². The Morgan fingerprint density at radius 3 is 2.73 bits per heavy atom. The summed E-state index contributed by atoms with van der Waals surface area (Å²) in [6.07, 6.45) is 3.47. The molecule has 2 aromatic rings. The van der Waals surface area contributed by atoms with E-state index >= 15 is 0 Å². The molecule has 0 unspecified atom stereocenters. The zero-order valence-corrected chi connectivity index (χ0v) is 13.0. The van der Waals surface area contributed by atoms with Crippen LogP contribution in [0.4, 0.5) is 0 Å². The zero-order valence-electron chi connectivity index (χ0n) is 12.2. The van der Waals surface area contributed by atoms with Gasteiger partial charge >= 0.3 is 0 Å². The molecule has 0 aliphatic carbocycles. The maximum Gasteiger partial charge on any atom is 0.254 e. The number of sulfone groups is 1. The zero-order chi connectivity index (χ0) is 15.7. The van der Waals surface area contributed by atoms with Gasteiger partial charge in [-0.25, -0.2) is 13.1 Å². The topological polar surface area (TPSA) is 72.3 Å². The molecule has 2 heterocycles. The predicted octanol–water partition coefficient (Wildman–Crippen LogP) is 1.13. The lowest BCUT2D eigenvalue weighted by atomic mass is 10.1. The number of hydrogen-bond donors (Lipinski definition) is 0. The van der Waals surface area contributed by atoms with Crippen LogP contribution in [0, 0.1) is 0 Å². The Hall–Kier alpha value is -2.15. The van der Waals surface area contributed by atoms with Gasteiger partial charge in [0, 0.05) is 36.8 Å². The maximum absolute atomic E-state index is 12.4. The van der Waals surface area contributed by atoms with Gasteiger partial charge in [-0.15, -0.1) is 0 Å². The van der Waals surface area contributed by atoms with Crippen LogP contribution in [0.5, 0.6) is 0 Å². The smallest absolute Gasteiger partial charge is 0.254 e. The lowest BCUT2D eigenvalue weighted by Gasteiger charge is -2.38. The molecule has 116 valence electrons. The molecular formula is C15H17N3O3S. The number of nitrogens with zero attached hydrogens (tertiary/aromatic N) is 3. The summed E-state index contributed by atoms with van der Waals surface area (Å²) < 4.78 is 25.2. The summed E-state index contributed by atoms with van der Waals surface area (Å²) in [5.41, 5.74) is 1.34. The second kappa shape index (κ2) is 5.57. The fraction of sp³-hybridized carbons (Fsp3) is 0.333. The van der Waals surface area contributed by atoms with Crippen molar-refractivity contribution in [1.82, 2.24) is 14.7 Å². The molecule has 1 aromatic carbocycles. The molecule has 1 aliphatic rings. The third-order valence-electron chi connectivity index (χ3n) is 3.91. The number of amides is 1. The highest BCUT2D eigenvalue weighted by Gasteiger charge is 2.38. The molecule has 0 N–H and O–H groups in total. The fourth-order valence-corrected chi connectivity index (χ4v) is 3.74. The van der Waals surface area contributed by atoms with Crippen LogP contribution in [0.2, 0.25) is 0 Å². The molecule has 22 heavy (non-hydrogen) atoms. The van der Waals surface area contributed by atoms with Crippen LogP contribution in [0.25, 0.3) is 5.69 Å². The standard InChI is InChI=1S/C15H17N3O3S/c1-2-22(20,21)14-10-17(11-14)15(19)12-5-3-6-13(9-12)18-8-4-7-16-18/h3-9,14H,2,10-11H2,1H3. The quantitative estimate of drug-likeness (QED) is 0.847. The van der Waals surface area contributed by atoms with E-state index in [-0.39, 0.29) is 24.7 Å². The first kappa shape index (κ1) is 14.8. The fourth-order valence-electron chi connectivity index (χ4n) is 2.45. The Labute approximate surface area is 129 Å². The second-order valence-corrected chi connectivity index (χ2v) is 7.85. The lowest BCUT2D eigenvalue weighted by Crippen LogP contribution is -2.57. The van der Waals surface area contributed by atoms with Crippen LogP contribution >= 0.6 is 0 Å². The first-order valence-electron chi connectivity index (χ1n) is 7.12. The van der Waals surface area contributed by atoms with Crippen molar-refractivity contribution in [3.63, 3.8) is 0 Å². The van der Waals surface area contributed by atoms with E-state index in [0.717, 1.165) is 5.69 Å². The average molecular weight is 319 g/mol. The van der Waals surface area contributed by atoms with Crippen molar-refractivity contribution in [3.05, 3.63) is 48.3 Å². The molecule has 0 saturated carbocycles. The van der Waals surface area contributed by atoms with Crippen LogP contribution in [-0.4, -0.2) is 53.1 Å². The van der Waals surface area contributed by atoms with Crippen molar-refractivity contribution >= 4 is 15.7 Å². The van der Waals surface area contributed by atoms with Gasteiger partial charge in [0.2, 0.25) is 0 Å². The van der Waals surface area contributed by atoms with E-state index in [1.807, 2.05) is 12.1 Å². The molecule has 1 amide bonds. The van der Waals surface area contributed by atoms with Gasteiger partial charge in [0.05, 0.1) is 10.9 Å². The average Bonchev–Trinajstić information content (AvgIpc) is 2.99. The highest BCUT2D eigenvalue weighted by atomic mass is 32.2. The third-order valence-corrected chi connectivity index (χ3v) is 6.03. The molecule has 1 saturated heterocycles. The summed E-state index contributed by atoms with van der Waals surface area (Å²) in [6, 6.07) is 8.96.